The van der Waals surface area contributed by atoms with E-state index in [4.69, 9.17) is 11.6 Å². The van der Waals surface area contributed by atoms with Gasteiger partial charge in [0.05, 0.1) is 17.9 Å². The predicted molar refractivity (Wildman–Crippen MR) is 82.6 cm³/mol. The Morgan fingerprint density at radius 3 is 2.70 bits per heavy atom. The van der Waals surface area contributed by atoms with E-state index in [1.54, 1.807) is 6.07 Å². The lowest BCUT2D eigenvalue weighted by Crippen LogP contribution is -2.33. The minimum atomic E-state index is -0.0296. The molecular formula is C16H13ClN2O. The molecule has 4 heteroatoms. The molecule has 0 N–H and O–H groups in total. The number of Topliss-reactive ketones (excluding diaryl/α,β-unsaturated/α-hetero) is 1. The molecule has 0 amide bonds. The first-order valence-corrected chi connectivity index (χ1v) is 6.71. The molecule has 3 rings (SSSR count). The molecule has 1 heterocycles. The van der Waals surface area contributed by atoms with E-state index in [0.29, 0.717) is 22.8 Å². The monoisotopic (exact) mass is 284 g/mol. The van der Waals surface area contributed by atoms with Crippen molar-refractivity contribution in [1.82, 2.24) is 0 Å². The summed E-state index contributed by atoms with van der Waals surface area (Å²) in [5, 5.41) is 0.670. The molecular weight excluding hydrogens is 272 g/mol. The average molecular weight is 285 g/mol. The molecule has 20 heavy (non-hydrogen) atoms. The summed E-state index contributed by atoms with van der Waals surface area (Å²) in [7, 11) is 1.93. The molecule has 3 nitrogen and oxygen atoms in total. The zero-order valence-corrected chi connectivity index (χ0v) is 11.8. The molecule has 100 valence electrons. The number of benzene rings is 2. The largest absolute Gasteiger partial charge is 0.367 e. The van der Waals surface area contributed by atoms with Gasteiger partial charge in [-0.1, -0.05) is 41.9 Å². The summed E-state index contributed by atoms with van der Waals surface area (Å²) in [4.78, 5) is 18.9. The SMILES string of the molecule is CN1CC(C(=O)c2ccccc2)=Nc2ccc(Cl)cc21. The average Bonchev–Trinajstić information content (AvgIpc) is 2.48. The van der Waals surface area contributed by atoms with Gasteiger partial charge in [-0.2, -0.15) is 0 Å². The summed E-state index contributed by atoms with van der Waals surface area (Å²) in [6, 6.07) is 14.7. The molecule has 2 aromatic carbocycles. The molecule has 0 radical (unpaired) electrons. The minimum absolute atomic E-state index is 0.0296. The van der Waals surface area contributed by atoms with Crippen LogP contribution in [0.5, 0.6) is 0 Å². The zero-order valence-electron chi connectivity index (χ0n) is 11.0. The fourth-order valence-electron chi connectivity index (χ4n) is 2.27. The van der Waals surface area contributed by atoms with Crippen LogP contribution < -0.4 is 4.90 Å². The second-order valence-corrected chi connectivity index (χ2v) is 5.18. The fourth-order valence-corrected chi connectivity index (χ4v) is 2.43. The Morgan fingerprint density at radius 1 is 1.20 bits per heavy atom. The van der Waals surface area contributed by atoms with E-state index in [-0.39, 0.29) is 5.78 Å². The van der Waals surface area contributed by atoms with Gasteiger partial charge >= 0.3 is 0 Å². The molecule has 0 saturated heterocycles. The van der Waals surface area contributed by atoms with Crippen LogP contribution in [0.4, 0.5) is 11.4 Å². The van der Waals surface area contributed by atoms with Crippen molar-refractivity contribution < 1.29 is 4.79 Å². The van der Waals surface area contributed by atoms with Gasteiger partial charge in [-0.05, 0) is 18.2 Å². The van der Waals surface area contributed by atoms with Gasteiger partial charge in [0, 0.05) is 17.6 Å². The van der Waals surface area contributed by atoms with E-state index in [0.717, 1.165) is 11.4 Å². The Morgan fingerprint density at radius 2 is 1.95 bits per heavy atom. The van der Waals surface area contributed by atoms with Crippen molar-refractivity contribution >= 4 is 34.5 Å². The highest BCUT2D eigenvalue weighted by Crippen LogP contribution is 2.34. The number of carbonyl (C=O) groups is 1. The van der Waals surface area contributed by atoms with Crippen LogP contribution in [0, 0.1) is 0 Å². The summed E-state index contributed by atoms with van der Waals surface area (Å²) >= 11 is 5.99. The van der Waals surface area contributed by atoms with Gasteiger partial charge in [-0.3, -0.25) is 4.79 Å². The lowest BCUT2D eigenvalue weighted by molar-refractivity contribution is 0.106. The quantitative estimate of drug-likeness (QED) is 0.787. The molecule has 0 atom stereocenters. The van der Waals surface area contributed by atoms with E-state index in [1.165, 1.54) is 0 Å². The van der Waals surface area contributed by atoms with E-state index in [9.17, 15) is 4.79 Å². The van der Waals surface area contributed by atoms with Gasteiger partial charge in [0.1, 0.15) is 5.71 Å². The van der Waals surface area contributed by atoms with E-state index in [1.807, 2.05) is 54.4 Å². The second-order valence-electron chi connectivity index (χ2n) is 4.74. The Bertz CT molecular complexity index is 695. The summed E-state index contributed by atoms with van der Waals surface area (Å²) in [6.45, 7) is 0.487. The fraction of sp³-hybridized carbons (Fsp3) is 0.125. The Kier molecular flexibility index (Phi) is 3.28. The number of fused-ring (bicyclic) bond motifs is 1. The zero-order chi connectivity index (χ0) is 14.1. The molecule has 0 aromatic heterocycles. The van der Waals surface area contributed by atoms with Crippen molar-refractivity contribution in [1.29, 1.82) is 0 Å². The van der Waals surface area contributed by atoms with Crippen LogP contribution in [0.15, 0.2) is 53.5 Å². The molecule has 0 unspecified atom stereocenters. The van der Waals surface area contributed by atoms with Crippen molar-refractivity contribution in [2.75, 3.05) is 18.5 Å². The van der Waals surface area contributed by atoms with Crippen molar-refractivity contribution in [2.24, 2.45) is 4.99 Å². The van der Waals surface area contributed by atoms with Crippen molar-refractivity contribution in [3.05, 3.63) is 59.1 Å². The summed E-state index contributed by atoms with van der Waals surface area (Å²) in [5.41, 5.74) is 2.94. The number of hydrogen-bond donors (Lipinski definition) is 0. The maximum Gasteiger partial charge on any atom is 0.209 e. The van der Waals surface area contributed by atoms with Crippen LogP contribution in [0.3, 0.4) is 0 Å². The number of rotatable bonds is 2. The lowest BCUT2D eigenvalue weighted by atomic mass is 10.0. The molecule has 0 fully saturated rings. The van der Waals surface area contributed by atoms with Crippen LogP contribution in [-0.2, 0) is 0 Å². The van der Waals surface area contributed by atoms with Crippen molar-refractivity contribution in [2.45, 2.75) is 0 Å². The molecule has 1 aliphatic rings. The number of aliphatic imine (C=N–C) groups is 1. The third kappa shape index (κ3) is 2.32. The highest BCUT2D eigenvalue weighted by Gasteiger charge is 2.22. The summed E-state index contributed by atoms with van der Waals surface area (Å²) in [6.07, 6.45) is 0. The molecule has 0 bridgehead atoms. The van der Waals surface area contributed by atoms with Gasteiger partial charge in [-0.25, -0.2) is 4.99 Å². The number of carbonyl (C=O) groups excluding carboxylic acids is 1. The van der Waals surface area contributed by atoms with Gasteiger partial charge in [-0.15, -0.1) is 0 Å². The number of hydrogen-bond acceptors (Lipinski definition) is 3. The number of ketones is 1. The topological polar surface area (TPSA) is 32.7 Å². The van der Waals surface area contributed by atoms with Crippen LogP contribution in [0.1, 0.15) is 10.4 Å². The van der Waals surface area contributed by atoms with E-state index >= 15 is 0 Å². The van der Waals surface area contributed by atoms with E-state index in [2.05, 4.69) is 4.99 Å². The third-order valence-electron chi connectivity index (χ3n) is 3.29. The standard InChI is InChI=1S/C16H13ClN2O/c1-19-10-14(16(20)11-5-3-2-4-6-11)18-13-8-7-12(17)9-15(13)19/h2-9H,10H2,1H3. The van der Waals surface area contributed by atoms with Gasteiger partial charge in [0.25, 0.3) is 0 Å². The van der Waals surface area contributed by atoms with Crippen molar-refractivity contribution in [3.8, 4) is 0 Å². The summed E-state index contributed by atoms with van der Waals surface area (Å²) < 4.78 is 0. The number of anilines is 1. The van der Waals surface area contributed by atoms with Crippen LogP contribution in [0.25, 0.3) is 0 Å². The summed E-state index contributed by atoms with van der Waals surface area (Å²) in [5.74, 6) is -0.0296. The highest BCUT2D eigenvalue weighted by atomic mass is 35.5. The maximum absolute atomic E-state index is 12.4. The molecule has 0 aliphatic carbocycles. The Balaban J connectivity index is 2.00. The molecule has 2 aromatic rings. The van der Waals surface area contributed by atoms with Crippen molar-refractivity contribution in [3.63, 3.8) is 0 Å². The number of halogens is 1. The first kappa shape index (κ1) is 12.9. The smallest absolute Gasteiger partial charge is 0.209 e. The lowest BCUT2D eigenvalue weighted by Gasteiger charge is -2.26. The van der Waals surface area contributed by atoms with Gasteiger partial charge in [0.15, 0.2) is 0 Å². The molecule has 1 aliphatic heterocycles. The molecule has 0 saturated carbocycles. The van der Waals surface area contributed by atoms with Gasteiger partial charge in [0.2, 0.25) is 5.78 Å². The van der Waals surface area contributed by atoms with Crippen LogP contribution >= 0.6 is 11.6 Å². The Labute approximate surface area is 122 Å². The second kappa shape index (κ2) is 5.10. The first-order valence-electron chi connectivity index (χ1n) is 6.33. The first-order chi connectivity index (χ1) is 9.65. The maximum atomic E-state index is 12.4. The van der Waals surface area contributed by atoms with Crippen LogP contribution in [0.2, 0.25) is 5.02 Å². The predicted octanol–water partition coefficient (Wildman–Crippen LogP) is 3.75. The van der Waals surface area contributed by atoms with Gasteiger partial charge < -0.3 is 4.90 Å². The third-order valence-corrected chi connectivity index (χ3v) is 3.52. The highest BCUT2D eigenvalue weighted by molar-refractivity contribution is 6.48. The normalized spacial score (nSPS) is 13.7. The number of nitrogens with zero attached hydrogens (tertiary/aromatic N) is 2. The minimum Gasteiger partial charge on any atom is -0.367 e. The Hall–Kier alpha value is -2.13. The van der Waals surface area contributed by atoms with Crippen LogP contribution in [-0.4, -0.2) is 25.1 Å². The van der Waals surface area contributed by atoms with E-state index < -0.39 is 0 Å². The molecule has 0 spiro atoms.